The van der Waals surface area contributed by atoms with Crippen LogP contribution in [0.4, 0.5) is 4.79 Å². The second-order valence-electron chi connectivity index (χ2n) is 4.12. The van der Waals surface area contributed by atoms with E-state index in [1.165, 1.54) is 5.56 Å². The molecule has 1 heterocycles. The van der Waals surface area contributed by atoms with Crippen LogP contribution in [-0.2, 0) is 4.74 Å². The van der Waals surface area contributed by atoms with Gasteiger partial charge in [-0.15, -0.1) is 12.4 Å². The van der Waals surface area contributed by atoms with Crippen LogP contribution in [0.1, 0.15) is 36.9 Å². The second-order valence-corrected chi connectivity index (χ2v) is 4.12. The summed E-state index contributed by atoms with van der Waals surface area (Å²) in [4.78, 5) is 10.9. The molecule has 0 aliphatic carbocycles. The molecule has 1 aromatic rings. The van der Waals surface area contributed by atoms with Gasteiger partial charge in [0, 0.05) is 0 Å². The normalized spacial score (nSPS) is 18.9. The van der Waals surface area contributed by atoms with Gasteiger partial charge < -0.3 is 10.1 Å². The van der Waals surface area contributed by atoms with Gasteiger partial charge in [0.2, 0.25) is 0 Å². The molecule has 2 rings (SSSR count). The van der Waals surface area contributed by atoms with Gasteiger partial charge >= 0.3 is 6.09 Å². The van der Waals surface area contributed by atoms with Gasteiger partial charge in [-0.25, -0.2) is 4.79 Å². The molecule has 3 nitrogen and oxygen atoms in total. The molecule has 1 amide bonds. The van der Waals surface area contributed by atoms with E-state index in [-0.39, 0.29) is 24.5 Å². The van der Waals surface area contributed by atoms with Crippen LogP contribution in [0.15, 0.2) is 24.3 Å². The lowest BCUT2D eigenvalue weighted by molar-refractivity contribution is 0.177. The van der Waals surface area contributed by atoms with Crippen molar-refractivity contribution in [1.29, 1.82) is 0 Å². The lowest BCUT2D eigenvalue weighted by Gasteiger charge is -2.11. The molecule has 16 heavy (non-hydrogen) atoms. The standard InChI is InChI=1S/C12H15NO2.ClH/c1-8(2)9-4-3-5-10(6-9)11-7-15-12(14)13-11;/h3-6,8,11H,7H2,1-2H3,(H,13,14);1H/t11-;/m0./s1. The largest absolute Gasteiger partial charge is 0.447 e. The van der Waals surface area contributed by atoms with Crippen LogP contribution >= 0.6 is 12.4 Å². The van der Waals surface area contributed by atoms with E-state index < -0.39 is 0 Å². The third kappa shape index (κ3) is 2.67. The number of halogens is 1. The maximum atomic E-state index is 10.9. The number of hydrogen-bond donors (Lipinski definition) is 1. The van der Waals surface area contributed by atoms with Gasteiger partial charge in [0.05, 0.1) is 6.04 Å². The number of nitrogens with one attached hydrogen (secondary N) is 1. The molecule has 0 aromatic heterocycles. The molecule has 1 saturated heterocycles. The van der Waals surface area contributed by atoms with Crippen molar-refractivity contribution < 1.29 is 9.53 Å². The Hall–Kier alpha value is -1.22. The number of carbonyl (C=O) groups excluding carboxylic acids is 1. The molecule has 1 aromatic carbocycles. The fourth-order valence-corrected chi connectivity index (χ4v) is 1.70. The highest BCUT2D eigenvalue weighted by atomic mass is 35.5. The van der Waals surface area contributed by atoms with Crippen LogP contribution in [0.3, 0.4) is 0 Å². The van der Waals surface area contributed by atoms with E-state index in [1.54, 1.807) is 0 Å². The highest BCUT2D eigenvalue weighted by Gasteiger charge is 2.23. The monoisotopic (exact) mass is 241 g/mol. The molecule has 0 saturated carbocycles. The molecule has 88 valence electrons. The van der Waals surface area contributed by atoms with Crippen molar-refractivity contribution in [1.82, 2.24) is 5.32 Å². The van der Waals surface area contributed by atoms with Crippen LogP contribution in [-0.4, -0.2) is 12.7 Å². The van der Waals surface area contributed by atoms with E-state index >= 15 is 0 Å². The summed E-state index contributed by atoms with van der Waals surface area (Å²) >= 11 is 0. The summed E-state index contributed by atoms with van der Waals surface area (Å²) in [7, 11) is 0. The van der Waals surface area contributed by atoms with Crippen LogP contribution < -0.4 is 5.32 Å². The molecule has 1 aliphatic rings. The Morgan fingerprint density at radius 3 is 2.75 bits per heavy atom. The summed E-state index contributed by atoms with van der Waals surface area (Å²) < 4.78 is 4.87. The van der Waals surface area contributed by atoms with Crippen LogP contribution in [0.5, 0.6) is 0 Å². The number of benzene rings is 1. The van der Waals surface area contributed by atoms with Gasteiger partial charge in [0.1, 0.15) is 6.61 Å². The number of rotatable bonds is 2. The lowest BCUT2D eigenvalue weighted by atomic mass is 9.98. The average Bonchev–Trinajstić information content (AvgIpc) is 2.65. The van der Waals surface area contributed by atoms with Gasteiger partial charge in [0.15, 0.2) is 0 Å². The quantitative estimate of drug-likeness (QED) is 0.865. The highest BCUT2D eigenvalue weighted by molar-refractivity contribution is 5.85. The van der Waals surface area contributed by atoms with E-state index in [0.29, 0.717) is 12.5 Å². The number of hydrogen-bond acceptors (Lipinski definition) is 2. The number of carbonyl (C=O) groups is 1. The first-order chi connectivity index (χ1) is 7.16. The van der Waals surface area contributed by atoms with Gasteiger partial charge in [-0.2, -0.15) is 0 Å². The Morgan fingerprint density at radius 2 is 2.19 bits per heavy atom. The fraction of sp³-hybridized carbons (Fsp3) is 0.417. The molecule has 0 bridgehead atoms. The summed E-state index contributed by atoms with van der Waals surface area (Å²) in [6, 6.07) is 8.28. The Morgan fingerprint density at radius 1 is 1.44 bits per heavy atom. The summed E-state index contributed by atoms with van der Waals surface area (Å²) in [5.74, 6) is 0.503. The van der Waals surface area contributed by atoms with E-state index in [9.17, 15) is 4.79 Å². The van der Waals surface area contributed by atoms with Crippen LogP contribution in [0, 0.1) is 0 Å². The predicted octanol–water partition coefficient (Wildman–Crippen LogP) is 3.01. The molecule has 0 unspecified atom stereocenters. The maximum Gasteiger partial charge on any atom is 0.407 e. The smallest absolute Gasteiger partial charge is 0.407 e. The minimum atomic E-state index is -0.324. The predicted molar refractivity (Wildman–Crippen MR) is 65.0 cm³/mol. The summed E-state index contributed by atoms with van der Waals surface area (Å²) in [5.41, 5.74) is 2.40. The van der Waals surface area contributed by atoms with Crippen molar-refractivity contribution in [2.75, 3.05) is 6.61 Å². The van der Waals surface area contributed by atoms with Crippen molar-refractivity contribution in [3.8, 4) is 0 Å². The first-order valence-corrected chi connectivity index (χ1v) is 5.20. The molecular formula is C12H16ClNO2. The molecule has 1 atom stereocenters. The van der Waals surface area contributed by atoms with E-state index in [4.69, 9.17) is 4.74 Å². The topological polar surface area (TPSA) is 38.3 Å². The summed E-state index contributed by atoms with van der Waals surface area (Å²) in [5, 5.41) is 2.78. The first-order valence-electron chi connectivity index (χ1n) is 5.20. The number of ether oxygens (including phenoxy) is 1. The van der Waals surface area contributed by atoms with Crippen LogP contribution in [0.2, 0.25) is 0 Å². The fourth-order valence-electron chi connectivity index (χ4n) is 1.70. The van der Waals surface area contributed by atoms with Crippen LogP contribution in [0.25, 0.3) is 0 Å². The van der Waals surface area contributed by atoms with Gasteiger partial charge in [-0.3, -0.25) is 0 Å². The maximum absolute atomic E-state index is 10.9. The zero-order chi connectivity index (χ0) is 10.8. The summed E-state index contributed by atoms with van der Waals surface area (Å²) in [6.07, 6.45) is -0.324. The highest BCUT2D eigenvalue weighted by Crippen LogP contribution is 2.22. The van der Waals surface area contributed by atoms with Crippen molar-refractivity contribution >= 4 is 18.5 Å². The van der Waals surface area contributed by atoms with Gasteiger partial charge in [-0.05, 0) is 17.0 Å². The average molecular weight is 242 g/mol. The zero-order valence-corrected chi connectivity index (χ0v) is 10.2. The molecule has 0 radical (unpaired) electrons. The molecule has 0 spiro atoms. The SMILES string of the molecule is CC(C)c1cccc([C@@H]2COC(=O)N2)c1.Cl. The molecule has 1 N–H and O–H groups in total. The molecular weight excluding hydrogens is 226 g/mol. The Labute approximate surface area is 102 Å². The zero-order valence-electron chi connectivity index (χ0n) is 9.40. The second kappa shape index (κ2) is 5.21. The third-order valence-corrected chi connectivity index (χ3v) is 2.65. The molecule has 4 heteroatoms. The van der Waals surface area contributed by atoms with Gasteiger partial charge in [-0.1, -0.05) is 38.1 Å². The minimum Gasteiger partial charge on any atom is -0.447 e. The number of alkyl carbamates (subject to hydrolysis) is 1. The van der Waals surface area contributed by atoms with Crippen molar-refractivity contribution in [2.45, 2.75) is 25.8 Å². The van der Waals surface area contributed by atoms with E-state index in [1.807, 2.05) is 12.1 Å². The van der Waals surface area contributed by atoms with Crippen molar-refractivity contribution in [2.24, 2.45) is 0 Å². The van der Waals surface area contributed by atoms with Crippen molar-refractivity contribution in [3.05, 3.63) is 35.4 Å². The number of amides is 1. The molecule has 1 fully saturated rings. The third-order valence-electron chi connectivity index (χ3n) is 2.65. The summed E-state index contributed by atoms with van der Waals surface area (Å²) in [6.45, 7) is 4.74. The first kappa shape index (κ1) is 12.8. The van der Waals surface area contributed by atoms with E-state index in [0.717, 1.165) is 5.56 Å². The minimum absolute atomic E-state index is 0. The van der Waals surface area contributed by atoms with Crippen molar-refractivity contribution in [3.63, 3.8) is 0 Å². The molecule has 1 aliphatic heterocycles. The van der Waals surface area contributed by atoms with E-state index in [2.05, 4.69) is 31.3 Å². The number of cyclic esters (lactones) is 1. The lowest BCUT2D eigenvalue weighted by Crippen LogP contribution is -2.18. The Kier molecular flexibility index (Phi) is 4.19. The van der Waals surface area contributed by atoms with Gasteiger partial charge in [0.25, 0.3) is 0 Å². The Balaban J connectivity index is 0.00000128. The Bertz CT molecular complexity index is 379.